The van der Waals surface area contributed by atoms with Gasteiger partial charge >= 0.3 is 5.97 Å². The smallest absolute Gasteiger partial charge is 0.338 e. The first-order chi connectivity index (χ1) is 12.9. The number of benzene rings is 2. The molecule has 138 valence electrons. The van der Waals surface area contributed by atoms with Gasteiger partial charge in [0, 0.05) is 17.6 Å². The van der Waals surface area contributed by atoms with Gasteiger partial charge in [0.1, 0.15) is 5.82 Å². The number of hydrogen-bond donors (Lipinski definition) is 1. The summed E-state index contributed by atoms with van der Waals surface area (Å²) in [6.45, 7) is 3.38. The molecule has 6 nitrogen and oxygen atoms in total. The topological polar surface area (TPSA) is 73.2 Å². The van der Waals surface area contributed by atoms with Crippen LogP contribution in [-0.4, -0.2) is 27.8 Å². The number of nitrogens with one attached hydrogen (secondary N) is 1. The number of nitrogens with zero attached hydrogens (tertiary/aromatic N) is 2. The molecule has 1 amide bonds. The quantitative estimate of drug-likeness (QED) is 0.701. The number of carbonyl (C=O) groups is 2. The van der Waals surface area contributed by atoms with Crippen LogP contribution < -0.4 is 5.32 Å². The molecule has 1 aromatic heterocycles. The van der Waals surface area contributed by atoms with Crippen molar-refractivity contribution < 1.29 is 18.7 Å². The van der Waals surface area contributed by atoms with Gasteiger partial charge in [-0.3, -0.25) is 4.79 Å². The van der Waals surface area contributed by atoms with Gasteiger partial charge in [-0.15, -0.1) is 0 Å². The van der Waals surface area contributed by atoms with Crippen LogP contribution in [0.5, 0.6) is 0 Å². The number of halogens is 1. The molecule has 1 atom stereocenters. The highest BCUT2D eigenvalue weighted by Gasteiger charge is 2.19. The molecule has 0 unspecified atom stereocenters. The van der Waals surface area contributed by atoms with Crippen molar-refractivity contribution >= 4 is 17.6 Å². The highest BCUT2D eigenvalue weighted by molar-refractivity contribution is 5.97. The van der Waals surface area contributed by atoms with Crippen molar-refractivity contribution in [3.63, 3.8) is 0 Å². The number of esters is 1. The summed E-state index contributed by atoms with van der Waals surface area (Å²) in [6.07, 6.45) is 0.657. The van der Waals surface area contributed by atoms with E-state index in [0.29, 0.717) is 11.3 Å². The molecular formula is C20H18FN3O3. The van der Waals surface area contributed by atoms with Crippen molar-refractivity contribution in [1.82, 2.24) is 9.78 Å². The van der Waals surface area contributed by atoms with Crippen molar-refractivity contribution in [2.24, 2.45) is 0 Å². The third-order valence-corrected chi connectivity index (χ3v) is 3.92. The number of anilines is 1. The second kappa shape index (κ2) is 7.82. The van der Waals surface area contributed by atoms with Crippen molar-refractivity contribution in [2.75, 3.05) is 5.32 Å². The van der Waals surface area contributed by atoms with Gasteiger partial charge in [0.2, 0.25) is 0 Å². The van der Waals surface area contributed by atoms with Crippen LogP contribution in [0.2, 0.25) is 0 Å². The second-order valence-electron chi connectivity index (χ2n) is 5.98. The maximum Gasteiger partial charge on any atom is 0.338 e. The lowest BCUT2D eigenvalue weighted by atomic mass is 10.2. The predicted molar refractivity (Wildman–Crippen MR) is 98.2 cm³/mol. The highest BCUT2D eigenvalue weighted by Crippen LogP contribution is 2.14. The van der Waals surface area contributed by atoms with Crippen LogP contribution in [0.4, 0.5) is 10.1 Å². The Hall–Kier alpha value is -3.48. The minimum atomic E-state index is -1.03. The van der Waals surface area contributed by atoms with Crippen molar-refractivity contribution in [3.05, 3.63) is 77.9 Å². The average Bonchev–Trinajstić information content (AvgIpc) is 3.07. The van der Waals surface area contributed by atoms with Crippen LogP contribution in [0, 0.1) is 12.7 Å². The number of rotatable bonds is 5. The van der Waals surface area contributed by atoms with E-state index in [0.717, 1.165) is 11.4 Å². The average molecular weight is 367 g/mol. The van der Waals surface area contributed by atoms with E-state index < -0.39 is 23.8 Å². The van der Waals surface area contributed by atoms with Crippen LogP contribution >= 0.6 is 0 Å². The molecule has 0 radical (unpaired) electrons. The zero-order valence-corrected chi connectivity index (χ0v) is 14.8. The van der Waals surface area contributed by atoms with Crippen LogP contribution in [0.15, 0.2) is 60.8 Å². The van der Waals surface area contributed by atoms with Crippen molar-refractivity contribution in [2.45, 2.75) is 20.0 Å². The minimum Gasteiger partial charge on any atom is -0.449 e. The molecule has 3 aromatic rings. The van der Waals surface area contributed by atoms with E-state index in [9.17, 15) is 14.0 Å². The first kappa shape index (κ1) is 18.3. The third-order valence-electron chi connectivity index (χ3n) is 3.92. The summed E-state index contributed by atoms with van der Waals surface area (Å²) in [7, 11) is 0. The number of ether oxygens (including phenoxy) is 1. The SMILES string of the molecule is Cc1ccnn1-c1ccc(C(=O)O[C@H](C)C(=O)Nc2cccc(F)c2)cc1. The molecule has 7 heteroatoms. The minimum absolute atomic E-state index is 0.293. The van der Waals surface area contributed by atoms with E-state index >= 15 is 0 Å². The van der Waals surface area contributed by atoms with Crippen molar-refractivity contribution in [3.8, 4) is 5.69 Å². The zero-order chi connectivity index (χ0) is 19.4. The summed E-state index contributed by atoms with van der Waals surface area (Å²) < 4.78 is 20.1. The molecule has 0 bridgehead atoms. The molecule has 0 spiro atoms. The monoisotopic (exact) mass is 367 g/mol. The Morgan fingerprint density at radius 1 is 1.15 bits per heavy atom. The fourth-order valence-electron chi connectivity index (χ4n) is 2.47. The maximum atomic E-state index is 13.2. The van der Waals surface area contributed by atoms with Gasteiger partial charge in [-0.05, 0) is 62.4 Å². The van der Waals surface area contributed by atoms with Crippen LogP contribution in [0.3, 0.4) is 0 Å². The van der Waals surface area contributed by atoms with E-state index in [-0.39, 0.29) is 0 Å². The summed E-state index contributed by atoms with van der Waals surface area (Å²) in [5, 5.41) is 6.70. The largest absolute Gasteiger partial charge is 0.449 e. The standard InChI is InChI=1S/C20H18FN3O3/c1-13-10-11-22-24(13)18-8-6-15(7-9-18)20(26)27-14(2)19(25)23-17-5-3-4-16(21)12-17/h3-12,14H,1-2H3,(H,23,25)/t14-/m1/s1. The number of hydrogen-bond acceptors (Lipinski definition) is 4. The molecule has 0 saturated heterocycles. The first-order valence-corrected chi connectivity index (χ1v) is 8.32. The second-order valence-corrected chi connectivity index (χ2v) is 5.98. The fourth-order valence-corrected chi connectivity index (χ4v) is 2.47. The summed E-state index contributed by atoms with van der Waals surface area (Å²) in [6, 6.07) is 14.1. The molecule has 27 heavy (non-hydrogen) atoms. The van der Waals surface area contributed by atoms with Gasteiger partial charge in [0.15, 0.2) is 6.10 Å². The Bertz CT molecular complexity index is 967. The molecule has 3 rings (SSSR count). The Morgan fingerprint density at radius 2 is 1.89 bits per heavy atom. The highest BCUT2D eigenvalue weighted by atomic mass is 19.1. The number of amides is 1. The maximum absolute atomic E-state index is 13.2. The summed E-state index contributed by atoms with van der Waals surface area (Å²) >= 11 is 0. The molecule has 0 saturated carbocycles. The summed E-state index contributed by atoms with van der Waals surface area (Å²) in [4.78, 5) is 24.4. The van der Waals surface area contributed by atoms with Crippen LogP contribution in [0.1, 0.15) is 23.0 Å². The van der Waals surface area contributed by atoms with E-state index in [1.807, 2.05) is 13.0 Å². The van der Waals surface area contributed by atoms with Gasteiger partial charge in [0.25, 0.3) is 5.91 Å². The molecule has 2 aromatic carbocycles. The lowest BCUT2D eigenvalue weighted by Crippen LogP contribution is -2.30. The van der Waals surface area contributed by atoms with Crippen molar-refractivity contribution in [1.29, 1.82) is 0 Å². The van der Waals surface area contributed by atoms with Gasteiger partial charge in [-0.1, -0.05) is 6.07 Å². The molecule has 0 aliphatic heterocycles. The van der Waals surface area contributed by atoms with E-state index in [1.54, 1.807) is 41.2 Å². The number of aromatic nitrogens is 2. The van der Waals surface area contributed by atoms with E-state index in [1.165, 1.54) is 25.1 Å². The zero-order valence-electron chi connectivity index (χ0n) is 14.8. The molecular weight excluding hydrogens is 349 g/mol. The summed E-state index contributed by atoms with van der Waals surface area (Å²) in [5.41, 5.74) is 2.38. The Balaban J connectivity index is 1.62. The normalized spacial score (nSPS) is 11.7. The van der Waals surface area contributed by atoms with E-state index in [4.69, 9.17) is 4.74 Å². The first-order valence-electron chi connectivity index (χ1n) is 8.32. The molecule has 0 fully saturated rings. The lowest BCUT2D eigenvalue weighted by molar-refractivity contribution is -0.123. The van der Waals surface area contributed by atoms with Gasteiger partial charge < -0.3 is 10.1 Å². The summed E-state index contributed by atoms with van der Waals surface area (Å²) in [5.74, 6) is -1.64. The lowest BCUT2D eigenvalue weighted by Gasteiger charge is -2.14. The molecule has 0 aliphatic rings. The molecule has 0 aliphatic carbocycles. The van der Waals surface area contributed by atoms with E-state index in [2.05, 4.69) is 10.4 Å². The van der Waals surface area contributed by atoms with Gasteiger partial charge in [-0.25, -0.2) is 13.9 Å². The number of carbonyl (C=O) groups excluding carboxylic acids is 2. The Morgan fingerprint density at radius 3 is 2.52 bits per heavy atom. The third kappa shape index (κ3) is 4.38. The van der Waals surface area contributed by atoms with Gasteiger partial charge in [-0.2, -0.15) is 5.10 Å². The van der Waals surface area contributed by atoms with Crippen LogP contribution in [0.25, 0.3) is 5.69 Å². The molecule has 1 heterocycles. The molecule has 1 N–H and O–H groups in total. The Kier molecular flexibility index (Phi) is 5.30. The predicted octanol–water partition coefficient (Wildman–Crippen LogP) is 3.50. The fraction of sp³-hybridized carbons (Fsp3) is 0.150. The Labute approximate surface area is 155 Å². The number of aryl methyl sites for hydroxylation is 1. The van der Waals surface area contributed by atoms with Crippen LogP contribution in [-0.2, 0) is 9.53 Å². The van der Waals surface area contributed by atoms with Gasteiger partial charge in [0.05, 0.1) is 11.3 Å².